The van der Waals surface area contributed by atoms with Crippen molar-refractivity contribution in [3.8, 4) is 0 Å². The van der Waals surface area contributed by atoms with Crippen LogP contribution in [0.1, 0.15) is 49.7 Å². The van der Waals surface area contributed by atoms with Gasteiger partial charge in [-0.2, -0.15) is 13.2 Å². The van der Waals surface area contributed by atoms with Gasteiger partial charge in [0, 0.05) is 32.6 Å². The van der Waals surface area contributed by atoms with Crippen molar-refractivity contribution in [2.75, 3.05) is 33.2 Å². The molecule has 3 rings (SSSR count). The molecule has 0 spiro atoms. The summed E-state index contributed by atoms with van der Waals surface area (Å²) in [7, 11) is 1.92. The third-order valence-corrected chi connectivity index (χ3v) is 6.19. The number of piperidine rings is 1. The van der Waals surface area contributed by atoms with Crippen LogP contribution in [0, 0.1) is 11.8 Å². The molecule has 1 aliphatic carbocycles. The van der Waals surface area contributed by atoms with Crippen molar-refractivity contribution in [1.82, 2.24) is 9.80 Å². The van der Waals surface area contributed by atoms with Crippen molar-refractivity contribution in [3.05, 3.63) is 35.4 Å². The van der Waals surface area contributed by atoms with Crippen LogP contribution in [0.3, 0.4) is 0 Å². The summed E-state index contributed by atoms with van der Waals surface area (Å²) in [4.78, 5) is 16.8. The van der Waals surface area contributed by atoms with Gasteiger partial charge in [-0.1, -0.05) is 31.0 Å². The zero-order valence-corrected chi connectivity index (χ0v) is 16.7. The molecule has 1 saturated heterocycles. The van der Waals surface area contributed by atoms with E-state index < -0.39 is 11.7 Å². The standard InChI is InChI=1S/C22H31F3N2O/c1-26(21(28)19-8-2-3-9-19)15-18-7-5-12-27(16-18)13-11-17-6-4-10-20(14-17)22(23,24)25/h4,6,10,14,18-19H,2-3,5,7-9,11-13,15-16H2,1H3/t18-/m0/s1. The fraction of sp³-hybridized carbons (Fsp3) is 0.682. The minimum atomic E-state index is -4.29. The number of nitrogens with zero attached hydrogens (tertiary/aromatic N) is 2. The fourth-order valence-corrected chi connectivity index (χ4v) is 4.66. The van der Waals surface area contributed by atoms with E-state index in [1.54, 1.807) is 6.07 Å². The van der Waals surface area contributed by atoms with Crippen LogP contribution >= 0.6 is 0 Å². The molecule has 0 aromatic heterocycles. The predicted molar refractivity (Wildman–Crippen MR) is 104 cm³/mol. The molecule has 2 aliphatic rings. The zero-order chi connectivity index (χ0) is 20.1. The van der Waals surface area contributed by atoms with Gasteiger partial charge in [-0.25, -0.2) is 0 Å². The lowest BCUT2D eigenvalue weighted by molar-refractivity contribution is -0.137. The molecule has 0 unspecified atom stereocenters. The Morgan fingerprint density at radius 2 is 1.93 bits per heavy atom. The lowest BCUT2D eigenvalue weighted by Gasteiger charge is -2.35. The number of benzene rings is 1. The van der Waals surface area contributed by atoms with E-state index in [4.69, 9.17) is 0 Å². The smallest absolute Gasteiger partial charge is 0.345 e. The summed E-state index contributed by atoms with van der Waals surface area (Å²) in [6.07, 6.45) is 2.90. The topological polar surface area (TPSA) is 23.6 Å². The molecule has 1 atom stereocenters. The normalized spacial score (nSPS) is 21.8. The van der Waals surface area contributed by atoms with Crippen molar-refractivity contribution < 1.29 is 18.0 Å². The van der Waals surface area contributed by atoms with E-state index in [1.165, 1.54) is 12.1 Å². The number of likely N-dealkylation sites (tertiary alicyclic amines) is 1. The molecule has 2 fully saturated rings. The Bertz CT molecular complexity index is 655. The summed E-state index contributed by atoms with van der Waals surface area (Å²) < 4.78 is 38.6. The Hall–Kier alpha value is -1.56. The first kappa shape index (κ1) is 21.2. The van der Waals surface area contributed by atoms with Gasteiger partial charge >= 0.3 is 6.18 Å². The molecule has 0 N–H and O–H groups in total. The summed E-state index contributed by atoms with van der Waals surface area (Å²) >= 11 is 0. The number of amides is 1. The number of carbonyl (C=O) groups excluding carboxylic acids is 1. The van der Waals surface area contributed by atoms with E-state index in [2.05, 4.69) is 4.90 Å². The van der Waals surface area contributed by atoms with E-state index in [-0.39, 0.29) is 5.92 Å². The molecular formula is C22H31F3N2O. The Labute approximate surface area is 165 Å². The first-order valence-electron chi connectivity index (χ1n) is 10.5. The molecule has 3 nitrogen and oxygen atoms in total. The Morgan fingerprint density at radius 3 is 2.64 bits per heavy atom. The molecule has 156 valence electrons. The van der Waals surface area contributed by atoms with Gasteiger partial charge in [-0.05, 0) is 56.2 Å². The molecule has 1 amide bonds. The van der Waals surface area contributed by atoms with Gasteiger partial charge in [-0.3, -0.25) is 4.79 Å². The Balaban J connectivity index is 1.48. The third-order valence-electron chi connectivity index (χ3n) is 6.19. The van der Waals surface area contributed by atoms with Crippen molar-refractivity contribution in [2.45, 2.75) is 51.1 Å². The minimum Gasteiger partial charge on any atom is -0.345 e. The quantitative estimate of drug-likeness (QED) is 0.701. The molecule has 1 aliphatic heterocycles. The highest BCUT2D eigenvalue weighted by Crippen LogP contribution is 2.30. The van der Waals surface area contributed by atoms with Gasteiger partial charge in [0.1, 0.15) is 0 Å². The van der Waals surface area contributed by atoms with Crippen LogP contribution in [0.25, 0.3) is 0 Å². The average molecular weight is 396 g/mol. The lowest BCUT2D eigenvalue weighted by atomic mass is 9.96. The minimum absolute atomic E-state index is 0.214. The number of hydrogen-bond acceptors (Lipinski definition) is 2. The maximum absolute atomic E-state index is 12.9. The maximum Gasteiger partial charge on any atom is 0.416 e. The summed E-state index contributed by atoms with van der Waals surface area (Å²) in [6.45, 7) is 3.45. The van der Waals surface area contributed by atoms with Gasteiger partial charge < -0.3 is 9.80 Å². The molecule has 1 aromatic carbocycles. The zero-order valence-electron chi connectivity index (χ0n) is 16.7. The second-order valence-electron chi connectivity index (χ2n) is 8.46. The fourth-order valence-electron chi connectivity index (χ4n) is 4.66. The largest absolute Gasteiger partial charge is 0.416 e. The molecular weight excluding hydrogens is 365 g/mol. The number of halogens is 3. The number of alkyl halides is 3. The molecule has 6 heteroatoms. The van der Waals surface area contributed by atoms with Crippen LogP contribution in [-0.4, -0.2) is 48.9 Å². The Kier molecular flexibility index (Phi) is 7.02. The molecule has 1 saturated carbocycles. The number of hydrogen-bond donors (Lipinski definition) is 0. The lowest BCUT2D eigenvalue weighted by Crippen LogP contribution is -2.43. The first-order chi connectivity index (χ1) is 13.3. The predicted octanol–water partition coefficient (Wildman–Crippen LogP) is 4.61. The molecule has 1 heterocycles. The van der Waals surface area contributed by atoms with Crippen molar-refractivity contribution in [2.24, 2.45) is 11.8 Å². The summed E-state index contributed by atoms with van der Waals surface area (Å²) in [5.74, 6) is 0.954. The van der Waals surface area contributed by atoms with Crippen LogP contribution in [0.4, 0.5) is 13.2 Å². The number of rotatable bonds is 6. The van der Waals surface area contributed by atoms with Gasteiger partial charge in [-0.15, -0.1) is 0 Å². The van der Waals surface area contributed by atoms with Crippen LogP contribution in [-0.2, 0) is 17.4 Å². The first-order valence-corrected chi connectivity index (χ1v) is 10.5. The monoisotopic (exact) mass is 396 g/mol. The van der Waals surface area contributed by atoms with Gasteiger partial charge in [0.05, 0.1) is 5.56 Å². The molecule has 28 heavy (non-hydrogen) atoms. The van der Waals surface area contributed by atoms with Crippen LogP contribution in [0.2, 0.25) is 0 Å². The highest BCUT2D eigenvalue weighted by atomic mass is 19.4. The van der Waals surface area contributed by atoms with Crippen LogP contribution in [0.5, 0.6) is 0 Å². The summed E-state index contributed by atoms with van der Waals surface area (Å²) in [6, 6.07) is 5.64. The van der Waals surface area contributed by atoms with Crippen LogP contribution in [0.15, 0.2) is 24.3 Å². The van der Waals surface area contributed by atoms with Gasteiger partial charge in [0.15, 0.2) is 0 Å². The van der Waals surface area contributed by atoms with E-state index in [9.17, 15) is 18.0 Å². The van der Waals surface area contributed by atoms with Crippen molar-refractivity contribution >= 4 is 5.91 Å². The van der Waals surface area contributed by atoms with E-state index in [1.807, 2.05) is 11.9 Å². The van der Waals surface area contributed by atoms with E-state index >= 15 is 0 Å². The highest BCUT2D eigenvalue weighted by molar-refractivity contribution is 5.78. The Morgan fingerprint density at radius 1 is 1.18 bits per heavy atom. The summed E-state index contributed by atoms with van der Waals surface area (Å²) in [5, 5.41) is 0. The van der Waals surface area contributed by atoms with E-state index in [0.29, 0.717) is 18.2 Å². The average Bonchev–Trinajstić information content (AvgIpc) is 3.20. The molecule has 0 radical (unpaired) electrons. The summed E-state index contributed by atoms with van der Waals surface area (Å²) in [5.41, 5.74) is 0.152. The second kappa shape index (κ2) is 9.29. The van der Waals surface area contributed by atoms with Gasteiger partial charge in [0.25, 0.3) is 0 Å². The van der Waals surface area contributed by atoms with Gasteiger partial charge in [0.2, 0.25) is 5.91 Å². The highest BCUT2D eigenvalue weighted by Gasteiger charge is 2.31. The number of carbonyl (C=O) groups is 1. The van der Waals surface area contributed by atoms with E-state index in [0.717, 1.165) is 76.3 Å². The van der Waals surface area contributed by atoms with Crippen molar-refractivity contribution in [3.63, 3.8) is 0 Å². The van der Waals surface area contributed by atoms with Crippen molar-refractivity contribution in [1.29, 1.82) is 0 Å². The molecule has 0 bridgehead atoms. The molecule has 1 aromatic rings. The maximum atomic E-state index is 12.9. The van der Waals surface area contributed by atoms with Crippen LogP contribution < -0.4 is 0 Å². The second-order valence-corrected chi connectivity index (χ2v) is 8.46. The SMILES string of the molecule is CN(C[C@@H]1CCCN(CCc2cccc(C(F)(F)F)c2)C1)C(=O)C1CCCC1. The third kappa shape index (κ3) is 5.72.